The summed E-state index contributed by atoms with van der Waals surface area (Å²) in [5.41, 5.74) is 2.40. The van der Waals surface area contributed by atoms with Crippen molar-refractivity contribution in [2.45, 2.75) is 45.6 Å². The van der Waals surface area contributed by atoms with Crippen LogP contribution in [0.15, 0.2) is 12.2 Å². The largest absolute Gasteiger partial charge is 0.293 e. The first-order chi connectivity index (χ1) is 6.93. The van der Waals surface area contributed by atoms with Gasteiger partial charge in [-0.05, 0) is 36.5 Å². The Hall–Kier alpha value is -0.300. The summed E-state index contributed by atoms with van der Waals surface area (Å²) in [6, 6.07) is 0. The van der Waals surface area contributed by atoms with Gasteiger partial charge in [-0.3, -0.25) is 4.90 Å². The number of fused-ring (bicyclic) bond motifs is 3. The lowest BCUT2D eigenvalue weighted by Gasteiger charge is -2.41. The van der Waals surface area contributed by atoms with Crippen molar-refractivity contribution in [1.82, 2.24) is 4.90 Å². The fraction of sp³-hybridized carbons (Fsp3) is 0.857. The Balaban J connectivity index is 1.94. The van der Waals surface area contributed by atoms with Crippen LogP contribution < -0.4 is 0 Å². The highest BCUT2D eigenvalue weighted by molar-refractivity contribution is 5.33. The highest BCUT2D eigenvalue weighted by Gasteiger charge is 2.65. The van der Waals surface area contributed by atoms with E-state index in [1.807, 2.05) is 0 Å². The van der Waals surface area contributed by atoms with Gasteiger partial charge in [0, 0.05) is 18.6 Å². The quantitative estimate of drug-likeness (QED) is 0.595. The van der Waals surface area contributed by atoms with E-state index in [2.05, 4.69) is 32.3 Å². The fourth-order valence-electron chi connectivity index (χ4n) is 4.15. The molecule has 1 unspecified atom stereocenters. The van der Waals surface area contributed by atoms with Gasteiger partial charge in [0.05, 0.1) is 0 Å². The average Bonchev–Trinajstić information content (AvgIpc) is 2.71. The molecule has 0 aromatic carbocycles. The van der Waals surface area contributed by atoms with E-state index in [4.69, 9.17) is 0 Å². The van der Waals surface area contributed by atoms with Crippen LogP contribution in [-0.4, -0.2) is 23.5 Å². The van der Waals surface area contributed by atoms with Gasteiger partial charge in [-0.1, -0.05) is 32.9 Å². The summed E-state index contributed by atoms with van der Waals surface area (Å²) in [6.45, 7) is 14.2. The molecule has 0 aromatic heterocycles. The van der Waals surface area contributed by atoms with Crippen LogP contribution in [-0.2, 0) is 0 Å². The molecule has 2 saturated heterocycles. The molecule has 3 aliphatic rings. The van der Waals surface area contributed by atoms with Gasteiger partial charge >= 0.3 is 0 Å². The van der Waals surface area contributed by atoms with Crippen molar-refractivity contribution in [3.63, 3.8) is 0 Å². The molecule has 0 N–H and O–H groups in total. The molecule has 3 atom stereocenters. The molecular formula is C14H23N. The van der Waals surface area contributed by atoms with Crippen molar-refractivity contribution in [2.75, 3.05) is 13.1 Å². The van der Waals surface area contributed by atoms with Gasteiger partial charge in [0.1, 0.15) is 0 Å². The highest BCUT2D eigenvalue weighted by Crippen LogP contribution is 2.63. The van der Waals surface area contributed by atoms with E-state index in [9.17, 15) is 0 Å². The average molecular weight is 205 g/mol. The number of piperidine rings is 1. The highest BCUT2D eigenvalue weighted by atomic mass is 15.3. The Kier molecular flexibility index (Phi) is 1.77. The zero-order valence-corrected chi connectivity index (χ0v) is 10.3. The van der Waals surface area contributed by atoms with E-state index in [1.54, 1.807) is 5.57 Å². The third-order valence-corrected chi connectivity index (χ3v) is 4.65. The summed E-state index contributed by atoms with van der Waals surface area (Å²) in [5.74, 6) is 1.98. The van der Waals surface area contributed by atoms with E-state index >= 15 is 0 Å². The van der Waals surface area contributed by atoms with Gasteiger partial charge in [-0.25, -0.2) is 0 Å². The van der Waals surface area contributed by atoms with E-state index in [1.165, 1.54) is 32.4 Å². The van der Waals surface area contributed by atoms with Gasteiger partial charge < -0.3 is 0 Å². The summed E-state index contributed by atoms with van der Waals surface area (Å²) in [5, 5.41) is 0. The van der Waals surface area contributed by atoms with Crippen LogP contribution in [0.5, 0.6) is 0 Å². The predicted octanol–water partition coefficient (Wildman–Crippen LogP) is 3.07. The number of rotatable bonds is 1. The molecule has 0 spiro atoms. The number of hydrogen-bond acceptors (Lipinski definition) is 1. The first kappa shape index (κ1) is 9.89. The van der Waals surface area contributed by atoms with Crippen LogP contribution in [0.25, 0.3) is 0 Å². The second-order valence-corrected chi connectivity index (χ2v) is 7.06. The van der Waals surface area contributed by atoms with E-state index in [0.29, 0.717) is 11.0 Å². The normalized spacial score (nSPS) is 44.3. The maximum atomic E-state index is 4.39. The Morgan fingerprint density at radius 3 is 2.87 bits per heavy atom. The van der Waals surface area contributed by atoms with Crippen molar-refractivity contribution in [2.24, 2.45) is 17.3 Å². The molecule has 0 bridgehead atoms. The van der Waals surface area contributed by atoms with Crippen LogP contribution in [0.3, 0.4) is 0 Å². The predicted molar refractivity (Wildman–Crippen MR) is 63.7 cm³/mol. The molecule has 3 rings (SSSR count). The Morgan fingerprint density at radius 1 is 1.47 bits per heavy atom. The van der Waals surface area contributed by atoms with E-state index < -0.39 is 0 Å². The molecule has 84 valence electrons. The van der Waals surface area contributed by atoms with Gasteiger partial charge in [0.2, 0.25) is 0 Å². The summed E-state index contributed by atoms with van der Waals surface area (Å²) < 4.78 is 0. The maximum Gasteiger partial charge on any atom is 0.0454 e. The third-order valence-electron chi connectivity index (χ3n) is 4.65. The standard InChI is InChI=1S/C14H23N/c1-10-5-6-15-8-11-7-12(11)14(10,15)9-13(2,3)4/h11-12H,1,5-9H2,2-4H3/t11-,12-,14?/m0/s1. The smallest absolute Gasteiger partial charge is 0.0454 e. The molecule has 0 radical (unpaired) electrons. The van der Waals surface area contributed by atoms with Crippen LogP contribution >= 0.6 is 0 Å². The summed E-state index contributed by atoms with van der Waals surface area (Å²) in [6.07, 6.45) is 4.05. The minimum atomic E-state index is 0.420. The minimum absolute atomic E-state index is 0.420. The molecule has 2 heterocycles. The van der Waals surface area contributed by atoms with Crippen LogP contribution in [0.1, 0.15) is 40.0 Å². The van der Waals surface area contributed by atoms with Gasteiger partial charge in [0.15, 0.2) is 0 Å². The number of hydrogen-bond donors (Lipinski definition) is 0. The van der Waals surface area contributed by atoms with Crippen molar-refractivity contribution in [3.05, 3.63) is 12.2 Å². The van der Waals surface area contributed by atoms with Gasteiger partial charge in [-0.15, -0.1) is 0 Å². The Labute approximate surface area is 93.5 Å². The van der Waals surface area contributed by atoms with Crippen molar-refractivity contribution >= 4 is 0 Å². The first-order valence-electron chi connectivity index (χ1n) is 6.37. The van der Waals surface area contributed by atoms with E-state index in [0.717, 1.165) is 11.8 Å². The van der Waals surface area contributed by atoms with Crippen molar-refractivity contribution in [1.29, 1.82) is 0 Å². The molecule has 1 nitrogen and oxygen atoms in total. The molecule has 1 aliphatic carbocycles. The molecule has 1 heteroatoms. The topological polar surface area (TPSA) is 3.24 Å². The van der Waals surface area contributed by atoms with Crippen molar-refractivity contribution in [3.8, 4) is 0 Å². The Morgan fingerprint density at radius 2 is 2.20 bits per heavy atom. The zero-order chi connectivity index (χ0) is 10.8. The van der Waals surface area contributed by atoms with Crippen LogP contribution in [0.2, 0.25) is 0 Å². The Bertz CT molecular complexity index is 312. The molecule has 1 saturated carbocycles. The first-order valence-corrected chi connectivity index (χ1v) is 6.37. The van der Waals surface area contributed by atoms with Gasteiger partial charge in [0.25, 0.3) is 0 Å². The molecule has 0 aromatic rings. The summed E-state index contributed by atoms with van der Waals surface area (Å²) >= 11 is 0. The lowest BCUT2D eigenvalue weighted by Crippen LogP contribution is -2.45. The van der Waals surface area contributed by atoms with Gasteiger partial charge in [-0.2, -0.15) is 0 Å². The second-order valence-electron chi connectivity index (χ2n) is 7.06. The van der Waals surface area contributed by atoms with Crippen LogP contribution in [0, 0.1) is 17.3 Å². The zero-order valence-electron chi connectivity index (χ0n) is 10.3. The lowest BCUT2D eigenvalue weighted by atomic mass is 9.74. The third kappa shape index (κ3) is 1.25. The fourth-order valence-corrected chi connectivity index (χ4v) is 4.15. The minimum Gasteiger partial charge on any atom is -0.293 e. The molecule has 15 heavy (non-hydrogen) atoms. The monoisotopic (exact) mass is 205 g/mol. The molecule has 0 amide bonds. The molecule has 3 fully saturated rings. The lowest BCUT2D eigenvalue weighted by molar-refractivity contribution is 0.127. The SMILES string of the molecule is C=C1CCN2C[C@@H]3C[C@@H]3C12CC(C)(C)C. The summed E-state index contributed by atoms with van der Waals surface area (Å²) in [4.78, 5) is 2.75. The molecular weight excluding hydrogens is 182 g/mol. The maximum absolute atomic E-state index is 4.39. The number of nitrogens with zero attached hydrogens (tertiary/aromatic N) is 1. The van der Waals surface area contributed by atoms with Crippen molar-refractivity contribution < 1.29 is 0 Å². The summed E-state index contributed by atoms with van der Waals surface area (Å²) in [7, 11) is 0. The van der Waals surface area contributed by atoms with Crippen LogP contribution in [0.4, 0.5) is 0 Å². The second kappa shape index (κ2) is 2.68. The van der Waals surface area contributed by atoms with E-state index in [-0.39, 0.29) is 0 Å². The molecule has 2 aliphatic heterocycles.